The number of allylic oxidation sites excluding steroid dienone is 8. The van der Waals surface area contributed by atoms with Gasteiger partial charge in [-0.25, -0.2) is 0 Å². The van der Waals surface area contributed by atoms with Gasteiger partial charge in [0.05, 0.1) is 0 Å². The number of hydrogen-bond donors (Lipinski definition) is 1. The molecule has 0 aromatic carbocycles. The molecule has 0 rings (SSSR count). The molecule has 5 heteroatoms. The third kappa shape index (κ3) is 35.1. The second-order valence-corrected chi connectivity index (χ2v) is 16.4. The summed E-state index contributed by atoms with van der Waals surface area (Å²) in [5, 5.41) is 0. The molecule has 1 N–H and O–H groups in total. The van der Waals surface area contributed by atoms with Gasteiger partial charge in [-0.05, 0) is 98.1 Å². The average molecular weight is 693 g/mol. The van der Waals surface area contributed by atoms with Crippen LogP contribution in [0.2, 0.25) is 0 Å². The first-order valence-electron chi connectivity index (χ1n) is 20.7. The predicted molar refractivity (Wildman–Crippen MR) is 217 cm³/mol. The Morgan fingerprint density at radius 3 is 1.27 bits per heavy atom. The first-order valence-corrected chi connectivity index (χ1v) is 22.4. The van der Waals surface area contributed by atoms with E-state index >= 15 is 0 Å². The molecule has 0 aliphatic heterocycles. The van der Waals surface area contributed by atoms with Crippen LogP contribution in [0.15, 0.2) is 48.6 Å². The number of hydrogen-bond acceptors (Lipinski definition) is 4. The van der Waals surface area contributed by atoms with Gasteiger partial charge >= 0.3 is 7.94 Å². The van der Waals surface area contributed by atoms with E-state index in [0.717, 1.165) is 32.2 Å². The van der Waals surface area contributed by atoms with Crippen LogP contribution in [0.5, 0.6) is 0 Å². The van der Waals surface area contributed by atoms with Gasteiger partial charge in [0.1, 0.15) is 18.9 Å². The van der Waals surface area contributed by atoms with Crippen molar-refractivity contribution in [3.8, 4) is 0 Å². The highest BCUT2D eigenvalue weighted by Gasteiger charge is 2.41. The largest absolute Gasteiger partial charge is 0.408 e. The van der Waals surface area contributed by atoms with Crippen LogP contribution in [0.3, 0.4) is 0 Å². The maximum absolute atomic E-state index is 11.2. The van der Waals surface area contributed by atoms with Crippen LogP contribution in [0.1, 0.15) is 188 Å². The van der Waals surface area contributed by atoms with E-state index in [9.17, 15) is 4.89 Å². The van der Waals surface area contributed by atoms with E-state index in [1.807, 2.05) is 21.0 Å². The van der Waals surface area contributed by atoms with Gasteiger partial charge in [-0.3, -0.25) is 0 Å². The van der Waals surface area contributed by atoms with Crippen molar-refractivity contribution in [2.75, 3.05) is 33.4 Å². The molecule has 1 atom stereocenters. The normalized spacial score (nSPS) is 13.9. The fraction of sp³-hybridized carbons (Fsp3) is 0.814. The minimum Gasteiger partial charge on any atom is -0.307 e. The molecule has 4 nitrogen and oxygen atoms in total. The molecule has 0 aromatic rings. The second kappa shape index (κ2) is 37.5. The van der Waals surface area contributed by atoms with Crippen molar-refractivity contribution in [1.82, 2.24) is 4.90 Å². The van der Waals surface area contributed by atoms with Crippen LogP contribution in [0, 0.1) is 0 Å². The molecule has 0 saturated heterocycles. The maximum Gasteiger partial charge on any atom is 0.408 e. The van der Waals surface area contributed by atoms with Crippen LogP contribution in [-0.2, 0) is 9.05 Å². The molecular weight excluding hydrogens is 609 g/mol. The maximum atomic E-state index is 11.2. The van der Waals surface area contributed by atoms with Gasteiger partial charge in [-0.2, -0.15) is 13.9 Å². The zero-order valence-corrected chi connectivity index (χ0v) is 33.8. The molecule has 0 amide bonds. The summed E-state index contributed by atoms with van der Waals surface area (Å²) in [4.78, 5) is 13.3. The Bertz CT molecular complexity index is 717. The van der Waals surface area contributed by atoms with E-state index in [-0.39, 0.29) is 6.10 Å². The summed E-state index contributed by atoms with van der Waals surface area (Å²) in [7, 11) is 1.28. The number of nitrogens with zero attached hydrogens (tertiary/aromatic N) is 1. The fourth-order valence-electron chi connectivity index (χ4n) is 5.77. The lowest BCUT2D eigenvalue weighted by atomic mass is 10.0. The lowest BCUT2D eigenvalue weighted by Gasteiger charge is -2.23. The first-order chi connectivity index (χ1) is 23.5. The molecule has 0 aromatic heterocycles. The Morgan fingerprint density at radius 2 is 0.896 bits per heavy atom. The van der Waals surface area contributed by atoms with E-state index in [0.29, 0.717) is 12.8 Å². The lowest BCUT2D eigenvalue weighted by molar-refractivity contribution is 0.104. The van der Waals surface area contributed by atoms with E-state index in [1.165, 1.54) is 141 Å². The summed E-state index contributed by atoms with van der Waals surface area (Å²) in [6.45, 7) is 7.85. The molecule has 48 heavy (non-hydrogen) atoms. The number of unbranched alkanes of at least 4 members (excludes halogenated alkanes) is 18. The standard InChI is InChI=1S/C43H83NO3P/c1-6-9-11-13-15-17-19-21-23-25-27-29-31-33-35-37-39-43(47-48(45,8-3)46-42-41-44(4)5)40-38-36-34-32-30-28-26-24-22-20-18-16-14-12-10-7-2/h15-18,21-24,43,45H,6-14,19-20,25-42H2,1-5H3/q+1/b17-15-,18-16-,23-21-,24-22-. The highest BCUT2D eigenvalue weighted by molar-refractivity contribution is 7.60. The van der Waals surface area contributed by atoms with Crippen molar-refractivity contribution in [2.45, 2.75) is 194 Å². The van der Waals surface area contributed by atoms with E-state index < -0.39 is 7.94 Å². The average Bonchev–Trinajstić information content (AvgIpc) is 3.07. The van der Waals surface area contributed by atoms with Gasteiger partial charge in [0.15, 0.2) is 0 Å². The molecule has 1 unspecified atom stereocenters. The lowest BCUT2D eigenvalue weighted by Crippen LogP contribution is -2.21. The topological polar surface area (TPSA) is 41.9 Å². The highest BCUT2D eigenvalue weighted by Crippen LogP contribution is 2.58. The number of likely N-dealkylation sites (N-methyl/N-ethyl adjacent to an activating group) is 1. The molecule has 0 fully saturated rings. The van der Waals surface area contributed by atoms with E-state index in [4.69, 9.17) is 9.05 Å². The highest BCUT2D eigenvalue weighted by atomic mass is 31.2. The molecule has 0 spiro atoms. The molecule has 0 bridgehead atoms. The SMILES string of the molecule is CCCCC/C=C\C/C=C\CCCCCCCCC(CCCCCCCC/C=C\C/C=C\CCCCC)O[P+](O)(CC)OCCN(C)C. The van der Waals surface area contributed by atoms with Gasteiger partial charge in [0, 0.05) is 6.54 Å². The van der Waals surface area contributed by atoms with E-state index in [2.05, 4.69) is 67.4 Å². The van der Waals surface area contributed by atoms with Gasteiger partial charge in [-0.15, -0.1) is 0 Å². The Hall–Kier alpha value is -0.770. The minimum absolute atomic E-state index is 0.110. The quantitative estimate of drug-likeness (QED) is 0.0400. The van der Waals surface area contributed by atoms with Gasteiger partial charge in [0.2, 0.25) is 0 Å². The van der Waals surface area contributed by atoms with Crippen molar-refractivity contribution >= 4 is 7.94 Å². The van der Waals surface area contributed by atoms with E-state index in [1.54, 1.807) is 0 Å². The molecule has 0 heterocycles. The third-order valence-corrected chi connectivity index (χ3v) is 11.0. The summed E-state index contributed by atoms with van der Waals surface area (Å²) in [5.41, 5.74) is 0. The molecule has 0 radical (unpaired) electrons. The predicted octanol–water partition coefficient (Wildman–Crippen LogP) is 14.1. The summed E-state index contributed by atoms with van der Waals surface area (Å²) >= 11 is 0. The Balaban J connectivity index is 4.24. The monoisotopic (exact) mass is 693 g/mol. The van der Waals surface area contributed by atoms with Crippen LogP contribution < -0.4 is 0 Å². The molecule has 0 aliphatic rings. The van der Waals surface area contributed by atoms with Crippen molar-refractivity contribution in [2.24, 2.45) is 0 Å². The van der Waals surface area contributed by atoms with Crippen LogP contribution in [-0.4, -0.2) is 49.3 Å². The molecule has 282 valence electrons. The summed E-state index contributed by atoms with van der Waals surface area (Å²) in [6, 6.07) is 0. The summed E-state index contributed by atoms with van der Waals surface area (Å²) in [5.74, 6) is 0. The van der Waals surface area contributed by atoms with Crippen molar-refractivity contribution in [3.63, 3.8) is 0 Å². The Kier molecular flexibility index (Phi) is 36.9. The first kappa shape index (κ1) is 47.2. The minimum atomic E-state index is -2.79. The van der Waals surface area contributed by atoms with Crippen molar-refractivity contribution in [1.29, 1.82) is 0 Å². The third-order valence-electron chi connectivity index (χ3n) is 9.00. The molecule has 0 aliphatic carbocycles. The van der Waals surface area contributed by atoms with Crippen molar-refractivity contribution in [3.05, 3.63) is 48.6 Å². The zero-order chi connectivity index (χ0) is 35.2. The Morgan fingerprint density at radius 1 is 0.521 bits per heavy atom. The molecule has 0 saturated carbocycles. The smallest absolute Gasteiger partial charge is 0.307 e. The second-order valence-electron chi connectivity index (χ2n) is 14.1. The zero-order valence-electron chi connectivity index (χ0n) is 32.9. The van der Waals surface area contributed by atoms with Crippen LogP contribution in [0.4, 0.5) is 0 Å². The van der Waals surface area contributed by atoms with Crippen LogP contribution >= 0.6 is 7.94 Å². The fourth-order valence-corrected chi connectivity index (χ4v) is 7.20. The van der Waals surface area contributed by atoms with Gasteiger partial charge in [0.25, 0.3) is 0 Å². The van der Waals surface area contributed by atoms with Gasteiger partial charge < -0.3 is 4.90 Å². The number of rotatable bonds is 37. The van der Waals surface area contributed by atoms with Gasteiger partial charge in [-0.1, -0.05) is 152 Å². The summed E-state index contributed by atoms with van der Waals surface area (Å²) < 4.78 is 12.4. The molecular formula is C43H83NO3P+. The van der Waals surface area contributed by atoms with Crippen LogP contribution in [0.25, 0.3) is 0 Å². The van der Waals surface area contributed by atoms with Crippen molar-refractivity contribution < 1.29 is 13.9 Å². The Labute approximate surface area is 301 Å². The summed E-state index contributed by atoms with van der Waals surface area (Å²) in [6.07, 6.45) is 51.8.